The number of para-hydroxylation sites is 1. The summed E-state index contributed by atoms with van der Waals surface area (Å²) in [4.78, 5) is 13.7. The number of nitrogens with zero attached hydrogens (tertiary/aromatic N) is 3. The van der Waals surface area contributed by atoms with E-state index in [-0.39, 0.29) is 12.1 Å². The molecule has 0 radical (unpaired) electrons. The van der Waals surface area contributed by atoms with Gasteiger partial charge in [0.2, 0.25) is 5.13 Å². The number of anilines is 1. The number of rotatable bonds is 4. The monoisotopic (exact) mass is 319 g/mol. The van der Waals surface area contributed by atoms with Crippen LogP contribution in [-0.4, -0.2) is 40.8 Å². The molecule has 0 aliphatic carbocycles. The van der Waals surface area contributed by atoms with E-state index in [1.54, 1.807) is 11.9 Å². The molecular formula is C14H17N5O2S. The number of aromatic nitrogens is 2. The number of benzene rings is 1. The summed E-state index contributed by atoms with van der Waals surface area (Å²) >= 11 is 1.26. The molecule has 22 heavy (non-hydrogen) atoms. The highest BCUT2D eigenvalue weighted by Gasteiger charge is 2.25. The zero-order valence-corrected chi connectivity index (χ0v) is 13.0. The first-order chi connectivity index (χ1) is 10.6. The Morgan fingerprint density at radius 1 is 1.50 bits per heavy atom. The number of fused-ring (bicyclic) bond motifs is 1. The van der Waals surface area contributed by atoms with Gasteiger partial charge in [-0.3, -0.25) is 0 Å². The maximum atomic E-state index is 12.1. The Balaban J connectivity index is 1.48. The Hall–Kier alpha value is -2.35. The zero-order valence-electron chi connectivity index (χ0n) is 12.2. The van der Waals surface area contributed by atoms with Crippen molar-refractivity contribution in [3.05, 3.63) is 34.8 Å². The minimum absolute atomic E-state index is 0.00896. The molecule has 3 N–H and O–H groups in total. The van der Waals surface area contributed by atoms with Crippen LogP contribution in [0.25, 0.3) is 0 Å². The third-order valence-electron chi connectivity index (χ3n) is 3.41. The summed E-state index contributed by atoms with van der Waals surface area (Å²) in [6, 6.07) is 7.78. The lowest BCUT2D eigenvalue weighted by Gasteiger charge is -2.21. The second-order valence-corrected chi connectivity index (χ2v) is 6.22. The van der Waals surface area contributed by atoms with Crippen LogP contribution in [0.5, 0.6) is 5.75 Å². The summed E-state index contributed by atoms with van der Waals surface area (Å²) in [5.41, 5.74) is 6.69. The molecular weight excluding hydrogens is 302 g/mol. The SMILES string of the molecule is CN(C[C@@H]1Cc2ccccc2O1)C(=O)NCc1nnc(N)s1. The van der Waals surface area contributed by atoms with Crippen LogP contribution in [0.1, 0.15) is 10.6 Å². The summed E-state index contributed by atoms with van der Waals surface area (Å²) in [5.74, 6) is 0.908. The van der Waals surface area contributed by atoms with Crippen LogP contribution in [0, 0.1) is 0 Å². The van der Waals surface area contributed by atoms with E-state index in [1.165, 1.54) is 16.9 Å². The van der Waals surface area contributed by atoms with E-state index in [0.717, 1.165) is 12.2 Å². The lowest BCUT2D eigenvalue weighted by molar-refractivity contribution is 0.164. The third kappa shape index (κ3) is 3.28. The summed E-state index contributed by atoms with van der Waals surface area (Å²) < 4.78 is 5.84. The van der Waals surface area contributed by atoms with E-state index in [9.17, 15) is 4.79 Å². The number of likely N-dealkylation sites (N-methyl/N-ethyl adjacent to an activating group) is 1. The van der Waals surface area contributed by atoms with Crippen molar-refractivity contribution in [2.24, 2.45) is 0 Å². The molecule has 1 atom stereocenters. The van der Waals surface area contributed by atoms with E-state index >= 15 is 0 Å². The van der Waals surface area contributed by atoms with Gasteiger partial charge in [0.25, 0.3) is 0 Å². The zero-order chi connectivity index (χ0) is 15.5. The lowest BCUT2D eigenvalue weighted by atomic mass is 10.1. The van der Waals surface area contributed by atoms with E-state index < -0.39 is 0 Å². The summed E-state index contributed by atoms with van der Waals surface area (Å²) in [6.07, 6.45) is 0.811. The molecule has 0 unspecified atom stereocenters. The van der Waals surface area contributed by atoms with Crippen molar-refractivity contribution in [3.8, 4) is 5.75 Å². The predicted molar refractivity (Wildman–Crippen MR) is 83.7 cm³/mol. The number of nitrogen functional groups attached to an aromatic ring is 1. The van der Waals surface area contributed by atoms with Crippen LogP contribution < -0.4 is 15.8 Å². The number of ether oxygens (including phenoxy) is 1. The van der Waals surface area contributed by atoms with Crippen molar-refractivity contribution in [3.63, 3.8) is 0 Å². The Labute approximate surface area is 132 Å². The molecule has 1 aromatic carbocycles. The third-order valence-corrected chi connectivity index (χ3v) is 4.16. The van der Waals surface area contributed by atoms with Gasteiger partial charge in [0.05, 0.1) is 13.1 Å². The molecule has 2 amide bonds. The number of urea groups is 1. The van der Waals surface area contributed by atoms with Crippen LogP contribution in [0.3, 0.4) is 0 Å². The van der Waals surface area contributed by atoms with Gasteiger partial charge in [0.15, 0.2) is 0 Å². The van der Waals surface area contributed by atoms with Gasteiger partial charge < -0.3 is 20.7 Å². The average molecular weight is 319 g/mol. The van der Waals surface area contributed by atoms with E-state index in [4.69, 9.17) is 10.5 Å². The summed E-state index contributed by atoms with van der Waals surface area (Å²) in [6.45, 7) is 0.850. The van der Waals surface area contributed by atoms with Crippen molar-refractivity contribution < 1.29 is 9.53 Å². The largest absolute Gasteiger partial charge is 0.488 e. The number of carbonyl (C=O) groups is 1. The number of hydrogen-bond acceptors (Lipinski definition) is 6. The molecule has 2 aromatic rings. The van der Waals surface area contributed by atoms with Crippen molar-refractivity contribution in [1.29, 1.82) is 0 Å². The highest BCUT2D eigenvalue weighted by molar-refractivity contribution is 7.15. The molecule has 7 nitrogen and oxygen atoms in total. The van der Waals surface area contributed by atoms with Crippen molar-refractivity contribution in [1.82, 2.24) is 20.4 Å². The second-order valence-electron chi connectivity index (χ2n) is 5.12. The minimum atomic E-state index is -0.173. The van der Waals surface area contributed by atoms with Gasteiger partial charge in [0.1, 0.15) is 16.9 Å². The fourth-order valence-electron chi connectivity index (χ4n) is 2.37. The van der Waals surface area contributed by atoms with Gasteiger partial charge in [0, 0.05) is 13.5 Å². The number of amides is 2. The average Bonchev–Trinajstić information content (AvgIpc) is 3.09. The molecule has 116 valence electrons. The minimum Gasteiger partial charge on any atom is -0.488 e. The molecule has 2 heterocycles. The van der Waals surface area contributed by atoms with Gasteiger partial charge in [-0.25, -0.2) is 4.79 Å². The molecule has 0 spiro atoms. The molecule has 1 aromatic heterocycles. The number of carbonyl (C=O) groups excluding carboxylic acids is 1. The number of hydrogen-bond donors (Lipinski definition) is 2. The topological polar surface area (TPSA) is 93.4 Å². The molecule has 0 bridgehead atoms. The molecule has 0 saturated carbocycles. The Morgan fingerprint density at radius 3 is 3.05 bits per heavy atom. The van der Waals surface area contributed by atoms with Gasteiger partial charge in [-0.05, 0) is 11.6 Å². The molecule has 0 fully saturated rings. The lowest BCUT2D eigenvalue weighted by Crippen LogP contribution is -2.42. The molecule has 8 heteroatoms. The Morgan fingerprint density at radius 2 is 2.32 bits per heavy atom. The Kier molecular flexibility index (Phi) is 4.10. The van der Waals surface area contributed by atoms with E-state index in [0.29, 0.717) is 23.2 Å². The second kappa shape index (κ2) is 6.18. The molecule has 3 rings (SSSR count). The number of nitrogens with one attached hydrogen (secondary N) is 1. The van der Waals surface area contributed by atoms with Crippen molar-refractivity contribution in [2.45, 2.75) is 19.1 Å². The van der Waals surface area contributed by atoms with Crippen LogP contribution in [0.4, 0.5) is 9.93 Å². The van der Waals surface area contributed by atoms with E-state index in [2.05, 4.69) is 21.6 Å². The van der Waals surface area contributed by atoms with Crippen LogP contribution in [0.2, 0.25) is 0 Å². The maximum absolute atomic E-state index is 12.1. The summed E-state index contributed by atoms with van der Waals surface area (Å²) in [7, 11) is 1.75. The van der Waals surface area contributed by atoms with Gasteiger partial charge in [-0.1, -0.05) is 29.5 Å². The van der Waals surface area contributed by atoms with Gasteiger partial charge >= 0.3 is 6.03 Å². The van der Waals surface area contributed by atoms with Gasteiger partial charge in [-0.2, -0.15) is 0 Å². The molecule has 1 aliphatic heterocycles. The highest BCUT2D eigenvalue weighted by Crippen LogP contribution is 2.28. The molecule has 1 aliphatic rings. The normalized spacial score (nSPS) is 16.0. The standard InChI is InChI=1S/C14H17N5O2S/c1-19(14(20)16-7-12-17-18-13(15)22-12)8-10-6-9-4-2-3-5-11(9)21-10/h2-5,10H,6-8H2,1H3,(H2,15,18)(H,16,20)/t10-/m0/s1. The number of nitrogens with two attached hydrogens (primary N) is 1. The van der Waals surface area contributed by atoms with E-state index in [1.807, 2.05) is 18.2 Å². The molecule has 0 saturated heterocycles. The first-order valence-electron chi connectivity index (χ1n) is 6.93. The quantitative estimate of drug-likeness (QED) is 0.885. The van der Waals surface area contributed by atoms with Crippen molar-refractivity contribution >= 4 is 22.5 Å². The predicted octanol–water partition coefficient (Wildman–Crippen LogP) is 1.27. The first kappa shape index (κ1) is 14.6. The smallest absolute Gasteiger partial charge is 0.317 e. The van der Waals surface area contributed by atoms with Crippen molar-refractivity contribution in [2.75, 3.05) is 19.3 Å². The van der Waals surface area contributed by atoms with Gasteiger partial charge in [-0.15, -0.1) is 10.2 Å². The summed E-state index contributed by atoms with van der Waals surface area (Å²) in [5, 5.41) is 11.4. The maximum Gasteiger partial charge on any atom is 0.317 e. The first-order valence-corrected chi connectivity index (χ1v) is 7.75. The fourth-order valence-corrected chi connectivity index (χ4v) is 2.92. The Bertz CT molecular complexity index is 650. The van der Waals surface area contributed by atoms with Crippen LogP contribution in [0.15, 0.2) is 24.3 Å². The van der Waals surface area contributed by atoms with Crippen LogP contribution in [-0.2, 0) is 13.0 Å². The fraction of sp³-hybridized carbons (Fsp3) is 0.357. The van der Waals surface area contributed by atoms with Crippen LogP contribution >= 0.6 is 11.3 Å². The highest BCUT2D eigenvalue weighted by atomic mass is 32.1.